The van der Waals surface area contributed by atoms with E-state index in [1.807, 2.05) is 6.92 Å². The largest absolute Gasteiger partial charge is 0.493 e. The number of aliphatic hydroxyl groups excluding tert-OH is 1. The lowest BCUT2D eigenvalue weighted by atomic mass is 9.79. The summed E-state index contributed by atoms with van der Waals surface area (Å²) in [5.74, 6) is 2.66. The molecule has 0 saturated carbocycles. The van der Waals surface area contributed by atoms with Gasteiger partial charge in [-0.2, -0.15) is 0 Å². The highest BCUT2D eigenvalue weighted by atomic mass is 16.5. The first-order valence-corrected chi connectivity index (χ1v) is 9.29. The number of methoxy groups -OCH3 is 1. The monoisotopic (exact) mass is 333 g/mol. The zero-order valence-electron chi connectivity index (χ0n) is 15.4. The van der Waals surface area contributed by atoms with Crippen molar-refractivity contribution in [1.82, 2.24) is 4.90 Å². The minimum atomic E-state index is -0.211. The smallest absolute Gasteiger partial charge is 0.161 e. The van der Waals surface area contributed by atoms with Crippen molar-refractivity contribution in [3.05, 3.63) is 23.3 Å². The first-order valence-electron chi connectivity index (χ1n) is 9.29. The third-order valence-corrected chi connectivity index (χ3v) is 5.45. The van der Waals surface area contributed by atoms with E-state index in [1.165, 1.54) is 11.1 Å². The van der Waals surface area contributed by atoms with Gasteiger partial charge in [0.1, 0.15) is 0 Å². The Morgan fingerprint density at radius 3 is 2.75 bits per heavy atom. The topological polar surface area (TPSA) is 41.9 Å². The Kier molecular flexibility index (Phi) is 5.36. The molecule has 134 valence electrons. The van der Waals surface area contributed by atoms with Crippen LogP contribution >= 0.6 is 0 Å². The Morgan fingerprint density at radius 2 is 2.08 bits per heavy atom. The van der Waals surface area contributed by atoms with Gasteiger partial charge in [0, 0.05) is 19.1 Å². The summed E-state index contributed by atoms with van der Waals surface area (Å²) in [6.45, 7) is 9.18. The molecule has 1 N–H and O–H groups in total. The lowest BCUT2D eigenvalue weighted by Crippen LogP contribution is -2.48. The molecule has 2 aliphatic rings. The molecule has 3 atom stereocenters. The second kappa shape index (κ2) is 7.32. The van der Waals surface area contributed by atoms with Crippen molar-refractivity contribution in [3.8, 4) is 11.5 Å². The number of benzene rings is 1. The van der Waals surface area contributed by atoms with Crippen LogP contribution in [0.2, 0.25) is 0 Å². The molecular formula is C20H31NO3. The van der Waals surface area contributed by atoms with Gasteiger partial charge in [-0.15, -0.1) is 0 Å². The number of fused-ring (bicyclic) bond motifs is 3. The summed E-state index contributed by atoms with van der Waals surface area (Å²) in [6.07, 6.45) is 2.75. The molecular weight excluding hydrogens is 302 g/mol. The van der Waals surface area contributed by atoms with Gasteiger partial charge in [0.15, 0.2) is 11.5 Å². The van der Waals surface area contributed by atoms with Crippen LogP contribution < -0.4 is 9.47 Å². The molecule has 0 amide bonds. The third kappa shape index (κ3) is 3.40. The summed E-state index contributed by atoms with van der Waals surface area (Å²) in [7, 11) is 1.69. The van der Waals surface area contributed by atoms with Crippen LogP contribution in [0.4, 0.5) is 0 Å². The lowest BCUT2D eigenvalue weighted by molar-refractivity contribution is -0.0191. The second-order valence-electron chi connectivity index (χ2n) is 7.59. The van der Waals surface area contributed by atoms with Crippen molar-refractivity contribution in [2.45, 2.75) is 52.2 Å². The van der Waals surface area contributed by atoms with Gasteiger partial charge in [-0.25, -0.2) is 0 Å². The fourth-order valence-corrected chi connectivity index (χ4v) is 4.36. The molecule has 2 heterocycles. The Labute approximate surface area is 145 Å². The highest BCUT2D eigenvalue weighted by Gasteiger charge is 2.38. The standard InChI is InChI=1S/C20H31NO3/c1-5-24-20-9-14-6-7-21-12-15(8-13(2)3)18(22)11-17(21)16(14)10-19(20)23-4/h9-10,13,15,17-18,22H,5-8,11-12H2,1-4H3. The normalized spacial score (nSPS) is 26.8. The van der Waals surface area contributed by atoms with Crippen molar-refractivity contribution in [3.63, 3.8) is 0 Å². The van der Waals surface area contributed by atoms with E-state index in [4.69, 9.17) is 9.47 Å². The predicted octanol–water partition coefficient (Wildman–Crippen LogP) is 3.42. The SMILES string of the molecule is CCOc1cc2c(cc1OC)C1CC(O)C(CC(C)C)CN1CC2. The van der Waals surface area contributed by atoms with E-state index in [2.05, 4.69) is 30.9 Å². The van der Waals surface area contributed by atoms with Crippen LogP contribution in [0.5, 0.6) is 11.5 Å². The molecule has 3 rings (SSSR count). The Morgan fingerprint density at radius 1 is 1.29 bits per heavy atom. The molecule has 1 saturated heterocycles. The van der Waals surface area contributed by atoms with Gasteiger partial charge in [0.25, 0.3) is 0 Å². The molecule has 0 aromatic heterocycles. The van der Waals surface area contributed by atoms with Gasteiger partial charge in [-0.05, 0) is 61.3 Å². The Bertz CT molecular complexity index is 572. The van der Waals surface area contributed by atoms with Gasteiger partial charge < -0.3 is 14.6 Å². The zero-order valence-corrected chi connectivity index (χ0v) is 15.4. The maximum Gasteiger partial charge on any atom is 0.161 e. The molecule has 3 unspecified atom stereocenters. The van der Waals surface area contributed by atoms with E-state index in [9.17, 15) is 5.11 Å². The van der Waals surface area contributed by atoms with Crippen LogP contribution in [0.15, 0.2) is 12.1 Å². The average Bonchev–Trinajstić information content (AvgIpc) is 2.55. The van der Waals surface area contributed by atoms with Crippen molar-refractivity contribution >= 4 is 0 Å². The first-order chi connectivity index (χ1) is 11.5. The van der Waals surface area contributed by atoms with E-state index in [0.29, 0.717) is 24.5 Å². The first kappa shape index (κ1) is 17.6. The average molecular weight is 333 g/mol. The molecule has 0 radical (unpaired) electrons. The molecule has 24 heavy (non-hydrogen) atoms. The Hall–Kier alpha value is -1.26. The minimum absolute atomic E-state index is 0.211. The van der Waals surface area contributed by atoms with E-state index in [0.717, 1.165) is 43.9 Å². The number of rotatable bonds is 5. The lowest BCUT2D eigenvalue weighted by Gasteiger charge is -2.46. The highest BCUT2D eigenvalue weighted by molar-refractivity contribution is 5.49. The van der Waals surface area contributed by atoms with Crippen LogP contribution in [0.1, 0.15) is 50.8 Å². The minimum Gasteiger partial charge on any atom is -0.493 e. The van der Waals surface area contributed by atoms with Crippen LogP contribution in [-0.4, -0.2) is 42.9 Å². The van der Waals surface area contributed by atoms with Gasteiger partial charge in [-0.3, -0.25) is 4.90 Å². The summed E-state index contributed by atoms with van der Waals surface area (Å²) in [5, 5.41) is 10.7. The van der Waals surface area contributed by atoms with Crippen molar-refractivity contribution in [2.24, 2.45) is 11.8 Å². The summed E-state index contributed by atoms with van der Waals surface area (Å²) in [6, 6.07) is 4.57. The summed E-state index contributed by atoms with van der Waals surface area (Å²) in [4.78, 5) is 2.56. The van der Waals surface area contributed by atoms with E-state index >= 15 is 0 Å². The molecule has 1 aromatic rings. The fourth-order valence-electron chi connectivity index (χ4n) is 4.36. The van der Waals surface area contributed by atoms with E-state index in [1.54, 1.807) is 7.11 Å². The van der Waals surface area contributed by atoms with Crippen molar-refractivity contribution < 1.29 is 14.6 Å². The second-order valence-corrected chi connectivity index (χ2v) is 7.59. The molecule has 2 aliphatic heterocycles. The van der Waals surface area contributed by atoms with Crippen LogP contribution in [0, 0.1) is 11.8 Å². The number of ether oxygens (including phenoxy) is 2. The maximum atomic E-state index is 10.7. The maximum absolute atomic E-state index is 10.7. The molecule has 1 fully saturated rings. The number of hydrogen-bond donors (Lipinski definition) is 1. The molecule has 0 spiro atoms. The number of nitrogens with zero attached hydrogens (tertiary/aromatic N) is 1. The zero-order chi connectivity index (χ0) is 17.3. The number of hydrogen-bond acceptors (Lipinski definition) is 4. The van der Waals surface area contributed by atoms with Crippen LogP contribution in [-0.2, 0) is 6.42 Å². The van der Waals surface area contributed by atoms with Crippen LogP contribution in [0.3, 0.4) is 0 Å². The summed E-state index contributed by atoms with van der Waals surface area (Å²) < 4.78 is 11.3. The van der Waals surface area contributed by atoms with Gasteiger partial charge in [-0.1, -0.05) is 13.8 Å². The van der Waals surface area contributed by atoms with Gasteiger partial charge >= 0.3 is 0 Å². The van der Waals surface area contributed by atoms with Crippen molar-refractivity contribution in [2.75, 3.05) is 26.8 Å². The number of aliphatic hydroxyl groups is 1. The van der Waals surface area contributed by atoms with Crippen LogP contribution in [0.25, 0.3) is 0 Å². The third-order valence-electron chi connectivity index (χ3n) is 5.45. The summed E-state index contributed by atoms with van der Waals surface area (Å²) in [5.41, 5.74) is 2.65. The van der Waals surface area contributed by atoms with Gasteiger partial charge in [0.05, 0.1) is 19.8 Å². The molecule has 4 heteroatoms. The van der Waals surface area contributed by atoms with Crippen molar-refractivity contribution in [1.29, 1.82) is 0 Å². The highest BCUT2D eigenvalue weighted by Crippen LogP contribution is 2.43. The quantitative estimate of drug-likeness (QED) is 0.896. The van der Waals surface area contributed by atoms with Gasteiger partial charge in [0.2, 0.25) is 0 Å². The van der Waals surface area contributed by atoms with E-state index < -0.39 is 0 Å². The Balaban J connectivity index is 1.86. The predicted molar refractivity (Wildman–Crippen MR) is 95.7 cm³/mol. The number of piperidine rings is 1. The molecule has 0 aliphatic carbocycles. The molecule has 4 nitrogen and oxygen atoms in total. The molecule has 0 bridgehead atoms. The molecule has 1 aromatic carbocycles. The summed E-state index contributed by atoms with van der Waals surface area (Å²) >= 11 is 0. The van der Waals surface area contributed by atoms with E-state index in [-0.39, 0.29) is 6.10 Å². The fraction of sp³-hybridized carbons (Fsp3) is 0.700.